The van der Waals surface area contributed by atoms with Crippen LogP contribution in [-0.4, -0.2) is 27.6 Å². The van der Waals surface area contributed by atoms with Crippen molar-refractivity contribution in [2.75, 3.05) is 18.1 Å². The highest BCUT2D eigenvalue weighted by molar-refractivity contribution is 7.99. The highest BCUT2D eigenvalue weighted by atomic mass is 32.2. The monoisotopic (exact) mass is 239 g/mol. The molecule has 1 atom stereocenters. The standard InChI is InChI=1S/C12H21N3S/c1-4-9-16-10-7-13-11(5-2)12-14-6-8-15(12)3/h4,6,8,11,13H,1,5,7,9-10H2,2-3H3. The first kappa shape index (κ1) is 13.3. The van der Waals surface area contributed by atoms with Gasteiger partial charge in [-0.05, 0) is 6.42 Å². The van der Waals surface area contributed by atoms with Gasteiger partial charge < -0.3 is 9.88 Å². The first-order valence-corrected chi connectivity index (χ1v) is 6.84. The molecule has 0 aromatic carbocycles. The van der Waals surface area contributed by atoms with E-state index in [-0.39, 0.29) is 0 Å². The van der Waals surface area contributed by atoms with Crippen molar-refractivity contribution in [3.05, 3.63) is 30.9 Å². The molecule has 3 nitrogen and oxygen atoms in total. The van der Waals surface area contributed by atoms with Gasteiger partial charge in [0.2, 0.25) is 0 Å². The van der Waals surface area contributed by atoms with Gasteiger partial charge in [-0.2, -0.15) is 11.8 Å². The Bertz CT molecular complexity index is 309. The molecule has 1 N–H and O–H groups in total. The maximum atomic E-state index is 4.38. The van der Waals surface area contributed by atoms with Crippen molar-refractivity contribution < 1.29 is 0 Å². The Morgan fingerprint density at radius 2 is 2.50 bits per heavy atom. The molecular formula is C12H21N3S. The van der Waals surface area contributed by atoms with Gasteiger partial charge in [-0.15, -0.1) is 6.58 Å². The topological polar surface area (TPSA) is 29.9 Å². The van der Waals surface area contributed by atoms with Gasteiger partial charge in [0.25, 0.3) is 0 Å². The molecular weight excluding hydrogens is 218 g/mol. The minimum Gasteiger partial charge on any atom is -0.337 e. The molecule has 0 fully saturated rings. The van der Waals surface area contributed by atoms with Crippen molar-refractivity contribution in [3.63, 3.8) is 0 Å². The van der Waals surface area contributed by atoms with Crippen LogP contribution in [-0.2, 0) is 7.05 Å². The minimum absolute atomic E-state index is 0.365. The van der Waals surface area contributed by atoms with Crippen LogP contribution in [0, 0.1) is 0 Å². The number of aromatic nitrogens is 2. The molecule has 0 radical (unpaired) electrons. The summed E-state index contributed by atoms with van der Waals surface area (Å²) in [6.07, 6.45) is 6.86. The summed E-state index contributed by atoms with van der Waals surface area (Å²) in [6, 6.07) is 0.365. The lowest BCUT2D eigenvalue weighted by Crippen LogP contribution is -2.25. The van der Waals surface area contributed by atoms with E-state index >= 15 is 0 Å². The average molecular weight is 239 g/mol. The molecule has 16 heavy (non-hydrogen) atoms. The third kappa shape index (κ3) is 4.02. The summed E-state index contributed by atoms with van der Waals surface area (Å²) in [7, 11) is 2.04. The van der Waals surface area contributed by atoms with Gasteiger partial charge in [0.15, 0.2) is 0 Å². The van der Waals surface area contributed by atoms with Crippen LogP contribution >= 0.6 is 11.8 Å². The molecule has 1 heterocycles. The van der Waals surface area contributed by atoms with Crippen molar-refractivity contribution in [2.24, 2.45) is 7.05 Å². The third-order valence-electron chi connectivity index (χ3n) is 2.45. The Morgan fingerprint density at radius 1 is 1.69 bits per heavy atom. The largest absolute Gasteiger partial charge is 0.337 e. The maximum absolute atomic E-state index is 4.38. The quantitative estimate of drug-likeness (QED) is 0.558. The summed E-state index contributed by atoms with van der Waals surface area (Å²) in [6.45, 7) is 6.91. The van der Waals surface area contributed by atoms with E-state index in [2.05, 4.69) is 28.4 Å². The Balaban J connectivity index is 2.33. The maximum Gasteiger partial charge on any atom is 0.125 e. The van der Waals surface area contributed by atoms with Gasteiger partial charge in [-0.1, -0.05) is 13.0 Å². The fraction of sp³-hybridized carbons (Fsp3) is 0.583. The molecule has 0 aliphatic heterocycles. The van der Waals surface area contributed by atoms with E-state index < -0.39 is 0 Å². The number of imidazole rings is 1. The molecule has 4 heteroatoms. The summed E-state index contributed by atoms with van der Waals surface area (Å²) >= 11 is 1.90. The second-order valence-electron chi connectivity index (χ2n) is 3.67. The van der Waals surface area contributed by atoms with Gasteiger partial charge in [0, 0.05) is 37.5 Å². The molecule has 0 saturated heterocycles. The number of nitrogens with one attached hydrogen (secondary N) is 1. The van der Waals surface area contributed by atoms with Crippen molar-refractivity contribution >= 4 is 11.8 Å². The molecule has 1 rings (SSSR count). The van der Waals surface area contributed by atoms with Gasteiger partial charge in [-0.25, -0.2) is 4.98 Å². The Morgan fingerprint density at radius 3 is 3.06 bits per heavy atom. The second kappa shape index (κ2) is 7.52. The molecule has 0 aliphatic carbocycles. The molecule has 1 aromatic rings. The van der Waals surface area contributed by atoms with Gasteiger partial charge in [-0.3, -0.25) is 0 Å². The van der Waals surface area contributed by atoms with Crippen LogP contribution < -0.4 is 5.32 Å². The smallest absolute Gasteiger partial charge is 0.125 e. The Hall–Kier alpha value is -0.740. The highest BCUT2D eigenvalue weighted by Crippen LogP contribution is 2.13. The number of thioether (sulfide) groups is 1. The van der Waals surface area contributed by atoms with Crippen molar-refractivity contribution in [2.45, 2.75) is 19.4 Å². The predicted octanol–water partition coefficient (Wildman–Crippen LogP) is 2.38. The molecule has 1 unspecified atom stereocenters. The minimum atomic E-state index is 0.365. The van der Waals surface area contributed by atoms with E-state index in [0.717, 1.165) is 30.3 Å². The highest BCUT2D eigenvalue weighted by Gasteiger charge is 2.12. The Labute approximate surface area is 102 Å². The fourth-order valence-electron chi connectivity index (χ4n) is 1.60. The number of hydrogen-bond acceptors (Lipinski definition) is 3. The lowest BCUT2D eigenvalue weighted by molar-refractivity contribution is 0.498. The van der Waals surface area contributed by atoms with E-state index in [1.165, 1.54) is 0 Å². The molecule has 0 saturated carbocycles. The van der Waals surface area contributed by atoms with Crippen LogP contribution in [0.3, 0.4) is 0 Å². The van der Waals surface area contributed by atoms with Crippen molar-refractivity contribution in [3.8, 4) is 0 Å². The number of hydrogen-bond donors (Lipinski definition) is 1. The normalized spacial score (nSPS) is 12.6. The lowest BCUT2D eigenvalue weighted by Gasteiger charge is -2.16. The second-order valence-corrected chi connectivity index (χ2v) is 4.82. The van der Waals surface area contributed by atoms with Crippen LogP contribution in [0.1, 0.15) is 25.2 Å². The van der Waals surface area contributed by atoms with Crippen molar-refractivity contribution in [1.82, 2.24) is 14.9 Å². The van der Waals surface area contributed by atoms with E-state index in [4.69, 9.17) is 0 Å². The van der Waals surface area contributed by atoms with Gasteiger partial charge in [0.05, 0.1) is 6.04 Å². The van der Waals surface area contributed by atoms with E-state index in [1.807, 2.05) is 37.3 Å². The number of aryl methyl sites for hydroxylation is 1. The fourth-order valence-corrected chi connectivity index (χ4v) is 2.20. The third-order valence-corrected chi connectivity index (χ3v) is 3.42. The summed E-state index contributed by atoms with van der Waals surface area (Å²) in [5.41, 5.74) is 0. The zero-order valence-corrected chi connectivity index (χ0v) is 11.0. The lowest BCUT2D eigenvalue weighted by atomic mass is 10.2. The van der Waals surface area contributed by atoms with Crippen molar-refractivity contribution in [1.29, 1.82) is 0 Å². The first-order chi connectivity index (χ1) is 7.79. The van der Waals surface area contributed by atoms with Gasteiger partial charge >= 0.3 is 0 Å². The van der Waals surface area contributed by atoms with Crippen LogP contribution in [0.25, 0.3) is 0 Å². The SMILES string of the molecule is C=CCSCCNC(CC)c1nccn1C. The van der Waals surface area contributed by atoms with Crippen LogP contribution in [0.15, 0.2) is 25.0 Å². The van der Waals surface area contributed by atoms with E-state index in [9.17, 15) is 0 Å². The van der Waals surface area contributed by atoms with E-state index in [0.29, 0.717) is 6.04 Å². The zero-order chi connectivity index (χ0) is 11.8. The van der Waals surface area contributed by atoms with Crippen LogP contribution in [0.2, 0.25) is 0 Å². The summed E-state index contributed by atoms with van der Waals surface area (Å²) < 4.78 is 2.08. The number of rotatable bonds is 8. The molecule has 1 aromatic heterocycles. The first-order valence-electron chi connectivity index (χ1n) is 5.68. The zero-order valence-electron chi connectivity index (χ0n) is 10.1. The summed E-state index contributed by atoms with van der Waals surface area (Å²) in [5.74, 6) is 3.27. The summed E-state index contributed by atoms with van der Waals surface area (Å²) in [5, 5.41) is 3.53. The Kier molecular flexibility index (Phi) is 6.26. The van der Waals surface area contributed by atoms with Crippen LogP contribution in [0.4, 0.5) is 0 Å². The van der Waals surface area contributed by atoms with Crippen LogP contribution in [0.5, 0.6) is 0 Å². The molecule has 0 amide bonds. The average Bonchev–Trinajstić information content (AvgIpc) is 2.70. The molecule has 0 spiro atoms. The van der Waals surface area contributed by atoms with Gasteiger partial charge in [0.1, 0.15) is 5.82 Å². The number of nitrogens with zero attached hydrogens (tertiary/aromatic N) is 2. The molecule has 90 valence electrons. The predicted molar refractivity (Wildman–Crippen MR) is 71.8 cm³/mol. The van der Waals surface area contributed by atoms with E-state index in [1.54, 1.807) is 0 Å². The molecule has 0 bridgehead atoms. The molecule has 0 aliphatic rings. The summed E-state index contributed by atoms with van der Waals surface area (Å²) in [4.78, 5) is 4.38.